The van der Waals surface area contributed by atoms with Gasteiger partial charge in [-0.15, -0.1) is 12.4 Å². The summed E-state index contributed by atoms with van der Waals surface area (Å²) >= 11 is 0. The molecule has 40 heavy (non-hydrogen) atoms. The van der Waals surface area contributed by atoms with E-state index in [4.69, 9.17) is 11.5 Å². The standard InChI is InChI=1S/C24H26F6N6O3.ClH/c25-15-10-17(27)16(26)8-13(15)7-14(31)9-19(37)35-5-6-36-18(11-35)20(33-23(36)24(28,29)30)22(39)34-3-1-12(2-4-34)21(32)38;/h8,10,12,14H,1-7,9,11,31H2,(H2,32,38);1H. The number of benzene rings is 1. The Labute approximate surface area is 230 Å². The average molecular weight is 597 g/mol. The number of aromatic nitrogens is 2. The smallest absolute Gasteiger partial charge is 0.369 e. The fourth-order valence-corrected chi connectivity index (χ4v) is 4.91. The number of alkyl halides is 3. The Morgan fingerprint density at radius 3 is 2.20 bits per heavy atom. The van der Waals surface area contributed by atoms with E-state index in [1.165, 1.54) is 9.80 Å². The van der Waals surface area contributed by atoms with Crippen molar-refractivity contribution in [3.8, 4) is 0 Å². The zero-order valence-electron chi connectivity index (χ0n) is 21.0. The zero-order valence-corrected chi connectivity index (χ0v) is 21.8. The van der Waals surface area contributed by atoms with E-state index in [1.807, 2.05) is 0 Å². The van der Waals surface area contributed by atoms with Gasteiger partial charge in [-0.25, -0.2) is 18.2 Å². The summed E-state index contributed by atoms with van der Waals surface area (Å²) in [6.45, 7) is -0.550. The molecule has 3 amide bonds. The molecule has 0 radical (unpaired) electrons. The van der Waals surface area contributed by atoms with Crippen molar-refractivity contribution in [1.29, 1.82) is 0 Å². The molecular weight excluding hydrogens is 570 g/mol. The molecule has 1 fully saturated rings. The van der Waals surface area contributed by atoms with Crippen molar-refractivity contribution < 1.29 is 40.7 Å². The number of amides is 3. The van der Waals surface area contributed by atoms with Gasteiger partial charge < -0.3 is 25.8 Å². The fraction of sp³-hybridized carbons (Fsp3) is 0.500. The Balaban J connectivity index is 0.00000441. The topological polar surface area (TPSA) is 128 Å². The van der Waals surface area contributed by atoms with Crippen molar-refractivity contribution in [1.82, 2.24) is 19.4 Å². The van der Waals surface area contributed by atoms with Gasteiger partial charge in [-0.1, -0.05) is 0 Å². The second-order valence-corrected chi connectivity index (χ2v) is 9.69. The number of halogens is 7. The van der Waals surface area contributed by atoms with E-state index in [-0.39, 0.29) is 82.1 Å². The van der Waals surface area contributed by atoms with E-state index in [2.05, 4.69) is 4.98 Å². The molecule has 1 aromatic carbocycles. The van der Waals surface area contributed by atoms with Gasteiger partial charge in [0.2, 0.25) is 17.6 Å². The molecule has 1 unspecified atom stereocenters. The number of primary amides is 1. The highest BCUT2D eigenvalue weighted by Crippen LogP contribution is 2.33. The number of likely N-dealkylation sites (tertiary alicyclic amines) is 1. The third kappa shape index (κ3) is 6.52. The van der Waals surface area contributed by atoms with E-state index >= 15 is 0 Å². The molecule has 9 nitrogen and oxygen atoms in total. The summed E-state index contributed by atoms with van der Waals surface area (Å²) in [5, 5.41) is 0. The van der Waals surface area contributed by atoms with Crippen molar-refractivity contribution in [2.75, 3.05) is 19.6 Å². The quantitative estimate of drug-likeness (QED) is 0.391. The molecule has 1 aromatic heterocycles. The first-order chi connectivity index (χ1) is 18.3. The van der Waals surface area contributed by atoms with Gasteiger partial charge in [0.25, 0.3) is 5.91 Å². The van der Waals surface area contributed by atoms with Crippen LogP contribution in [-0.4, -0.2) is 62.7 Å². The van der Waals surface area contributed by atoms with Gasteiger partial charge in [0.1, 0.15) is 5.82 Å². The van der Waals surface area contributed by atoms with E-state index in [0.29, 0.717) is 12.1 Å². The Morgan fingerprint density at radius 2 is 1.60 bits per heavy atom. The number of carbonyl (C=O) groups is 3. The second-order valence-electron chi connectivity index (χ2n) is 9.69. The molecule has 2 aromatic rings. The Hall–Kier alpha value is -3.33. The molecule has 4 rings (SSSR count). The highest BCUT2D eigenvalue weighted by Gasteiger charge is 2.42. The van der Waals surface area contributed by atoms with Crippen molar-refractivity contribution in [3.05, 3.63) is 52.4 Å². The van der Waals surface area contributed by atoms with Gasteiger partial charge in [-0.05, 0) is 30.9 Å². The number of rotatable bonds is 6. The van der Waals surface area contributed by atoms with Crippen LogP contribution in [0.15, 0.2) is 12.1 Å². The number of fused-ring (bicyclic) bond motifs is 1. The highest BCUT2D eigenvalue weighted by molar-refractivity contribution is 5.94. The molecule has 0 bridgehead atoms. The van der Waals surface area contributed by atoms with E-state index in [9.17, 15) is 40.7 Å². The van der Waals surface area contributed by atoms with Crippen molar-refractivity contribution in [2.24, 2.45) is 17.4 Å². The molecule has 1 atom stereocenters. The molecule has 0 saturated carbocycles. The third-order valence-corrected chi connectivity index (χ3v) is 7.01. The molecule has 0 spiro atoms. The Kier molecular flexibility index (Phi) is 9.39. The molecule has 4 N–H and O–H groups in total. The lowest BCUT2D eigenvalue weighted by Crippen LogP contribution is -2.44. The first-order valence-electron chi connectivity index (χ1n) is 12.2. The lowest BCUT2D eigenvalue weighted by molar-refractivity contribution is -0.148. The van der Waals surface area contributed by atoms with Gasteiger partial charge in [0, 0.05) is 50.6 Å². The molecule has 1 saturated heterocycles. The number of carbonyl (C=O) groups excluding carboxylic acids is 3. The monoisotopic (exact) mass is 596 g/mol. The third-order valence-electron chi connectivity index (χ3n) is 7.01. The van der Waals surface area contributed by atoms with Crippen molar-refractivity contribution in [3.63, 3.8) is 0 Å². The highest BCUT2D eigenvalue weighted by atomic mass is 35.5. The number of nitrogens with zero attached hydrogens (tertiary/aromatic N) is 4. The minimum Gasteiger partial charge on any atom is -0.369 e. The van der Waals surface area contributed by atoms with Crippen LogP contribution < -0.4 is 11.5 Å². The largest absolute Gasteiger partial charge is 0.449 e. The van der Waals surface area contributed by atoms with Crippen LogP contribution in [0.4, 0.5) is 26.3 Å². The zero-order chi connectivity index (χ0) is 28.6. The number of hydrogen-bond donors (Lipinski definition) is 2. The average Bonchev–Trinajstić information content (AvgIpc) is 3.26. The summed E-state index contributed by atoms with van der Waals surface area (Å²) in [7, 11) is 0. The summed E-state index contributed by atoms with van der Waals surface area (Å²) < 4.78 is 82.6. The minimum absolute atomic E-state index is 0. The van der Waals surface area contributed by atoms with Crippen LogP contribution in [-0.2, 0) is 35.3 Å². The number of hydrogen-bond acceptors (Lipinski definition) is 5. The van der Waals surface area contributed by atoms with Crippen molar-refractivity contribution >= 4 is 30.1 Å². The van der Waals surface area contributed by atoms with Crippen LogP contribution in [0, 0.1) is 23.4 Å². The van der Waals surface area contributed by atoms with Gasteiger partial charge in [0.15, 0.2) is 17.3 Å². The van der Waals surface area contributed by atoms with Crippen LogP contribution in [0.3, 0.4) is 0 Å². The molecular formula is C24H27ClF6N6O3. The summed E-state index contributed by atoms with van der Waals surface area (Å²) in [6.07, 6.45) is -4.96. The predicted molar refractivity (Wildman–Crippen MR) is 130 cm³/mol. The normalized spacial score (nSPS) is 16.8. The van der Waals surface area contributed by atoms with E-state index < -0.39 is 64.8 Å². The van der Waals surface area contributed by atoms with Crippen LogP contribution in [0.5, 0.6) is 0 Å². The SMILES string of the molecule is Cl.NC(=O)C1CCN(C(=O)c2nc(C(F)(F)F)n3c2CN(C(=O)CC(N)Cc2cc(F)c(F)cc2F)CC3)CC1. The van der Waals surface area contributed by atoms with Crippen LogP contribution >= 0.6 is 12.4 Å². The van der Waals surface area contributed by atoms with Crippen LogP contribution in [0.2, 0.25) is 0 Å². The summed E-state index contributed by atoms with van der Waals surface area (Å²) in [5.74, 6) is -7.21. The summed E-state index contributed by atoms with van der Waals surface area (Å²) in [6, 6.07) is 0.0251. The Morgan fingerprint density at radius 1 is 0.975 bits per heavy atom. The lowest BCUT2D eigenvalue weighted by Gasteiger charge is -2.32. The van der Waals surface area contributed by atoms with Crippen molar-refractivity contribution in [2.45, 2.75) is 51.0 Å². The molecule has 220 valence electrons. The maximum Gasteiger partial charge on any atom is 0.449 e. The minimum atomic E-state index is -4.85. The summed E-state index contributed by atoms with van der Waals surface area (Å²) in [4.78, 5) is 43.6. The molecule has 0 aliphatic carbocycles. The molecule has 2 aliphatic rings. The fourth-order valence-electron chi connectivity index (χ4n) is 4.91. The predicted octanol–water partition coefficient (Wildman–Crippen LogP) is 2.38. The summed E-state index contributed by atoms with van der Waals surface area (Å²) in [5.41, 5.74) is 10.5. The molecule has 16 heteroatoms. The van der Waals surface area contributed by atoms with Gasteiger partial charge in [-0.3, -0.25) is 14.4 Å². The number of piperidine rings is 1. The first-order valence-corrected chi connectivity index (χ1v) is 12.2. The van der Waals surface area contributed by atoms with E-state index in [0.717, 1.165) is 4.57 Å². The number of nitrogens with two attached hydrogens (primary N) is 2. The first kappa shape index (κ1) is 31.2. The van der Waals surface area contributed by atoms with E-state index in [1.54, 1.807) is 0 Å². The van der Waals surface area contributed by atoms with Crippen LogP contribution in [0.1, 0.15) is 46.8 Å². The molecule has 2 aliphatic heterocycles. The second kappa shape index (κ2) is 12.0. The lowest BCUT2D eigenvalue weighted by atomic mass is 9.96. The maximum atomic E-state index is 14.0. The Bertz CT molecular complexity index is 1290. The van der Waals surface area contributed by atoms with Crippen LogP contribution in [0.25, 0.3) is 0 Å². The maximum absolute atomic E-state index is 14.0. The van der Waals surface area contributed by atoms with Gasteiger partial charge in [0.05, 0.1) is 12.2 Å². The number of imidazole rings is 1. The molecule has 3 heterocycles. The van der Waals surface area contributed by atoms with Gasteiger partial charge in [-0.2, -0.15) is 13.2 Å². The van der Waals surface area contributed by atoms with Gasteiger partial charge >= 0.3 is 6.18 Å².